The van der Waals surface area contributed by atoms with Crippen LogP contribution >= 0.6 is 0 Å². The van der Waals surface area contributed by atoms with Gasteiger partial charge < -0.3 is 54.0 Å². The number of benzene rings is 4. The lowest BCUT2D eigenvalue weighted by molar-refractivity contribution is -0.206. The smallest absolute Gasteiger partial charge is 0.341 e. The van der Waals surface area contributed by atoms with Gasteiger partial charge >= 0.3 is 5.97 Å². The van der Waals surface area contributed by atoms with E-state index in [-0.39, 0.29) is 29.0 Å². The molecule has 0 bridgehead atoms. The molecule has 8 atom stereocenters. The van der Waals surface area contributed by atoms with Gasteiger partial charge in [0.2, 0.25) is 17.3 Å². The molecular formula is C48H47NO16. The van der Waals surface area contributed by atoms with Crippen LogP contribution in [0.15, 0.2) is 71.7 Å². The number of aryl methyl sites for hydroxylation is 1. The van der Waals surface area contributed by atoms with Crippen LogP contribution in [0.4, 0.5) is 0 Å². The van der Waals surface area contributed by atoms with E-state index in [1.165, 1.54) is 13.2 Å². The van der Waals surface area contributed by atoms with Crippen molar-refractivity contribution in [2.75, 3.05) is 27.9 Å². The van der Waals surface area contributed by atoms with Crippen LogP contribution in [0, 0.1) is 12.8 Å². The second kappa shape index (κ2) is 17.3. The zero-order chi connectivity index (χ0) is 46.7. The fourth-order valence-corrected chi connectivity index (χ4v) is 9.64. The van der Waals surface area contributed by atoms with E-state index in [9.17, 15) is 44.7 Å². The van der Waals surface area contributed by atoms with Crippen LogP contribution in [-0.4, -0.2) is 125 Å². The number of Topliss-reactive ketones (excluding diaryl/α,β-unsaturated/α-hetero) is 4. The number of hydrogen-bond donors (Lipinski definition) is 5. The van der Waals surface area contributed by atoms with Crippen molar-refractivity contribution in [2.45, 2.75) is 81.7 Å². The number of carbonyl (C=O) groups is 5. The molecule has 0 amide bonds. The van der Waals surface area contributed by atoms with Crippen molar-refractivity contribution in [3.63, 3.8) is 0 Å². The molecule has 1 aliphatic heterocycles. The molecule has 8 rings (SSSR count). The van der Waals surface area contributed by atoms with E-state index < -0.39 is 136 Å². The van der Waals surface area contributed by atoms with E-state index in [2.05, 4.69) is 4.99 Å². The summed E-state index contributed by atoms with van der Waals surface area (Å²) in [4.78, 5) is 76.3. The predicted molar refractivity (Wildman–Crippen MR) is 227 cm³/mol. The number of aliphatic hydroxyl groups excluding tert-OH is 3. The highest BCUT2D eigenvalue weighted by Gasteiger charge is 2.73. The topological polar surface area (TPSA) is 254 Å². The number of methoxy groups -OCH3 is 3. The molecule has 0 radical (unpaired) electrons. The van der Waals surface area contributed by atoms with Crippen molar-refractivity contribution in [2.24, 2.45) is 10.9 Å². The Balaban J connectivity index is 1.23. The van der Waals surface area contributed by atoms with Crippen LogP contribution in [0.2, 0.25) is 0 Å². The van der Waals surface area contributed by atoms with Crippen LogP contribution in [0.3, 0.4) is 0 Å². The largest absolute Gasteiger partial charge is 0.506 e. The molecule has 4 aromatic rings. The molecule has 1 heterocycles. The SMILES string of the molecule is COC(=O)c1c(C)cc2c(c1OCc1ccc(OCc3ccccc3)cc1)[C@]1(O)C(=O)c3cc4c(c(O)c3C(=O)[C@]1(OC)[C@H](O)C2)C(=O)CC(=N[C@H]1O[C@@H](C)[C@H](OC)[C@@H](O)[C@H]1CO)C4=O. The monoisotopic (exact) mass is 893 g/mol. The van der Waals surface area contributed by atoms with E-state index in [0.29, 0.717) is 17.9 Å². The van der Waals surface area contributed by atoms with Crippen LogP contribution in [0.25, 0.3) is 0 Å². The van der Waals surface area contributed by atoms with E-state index >= 15 is 4.79 Å². The van der Waals surface area contributed by atoms with Crippen molar-refractivity contribution in [3.05, 3.63) is 122 Å². The summed E-state index contributed by atoms with van der Waals surface area (Å²) in [5, 5.41) is 57.9. The third kappa shape index (κ3) is 7.05. The average molecular weight is 894 g/mol. The average Bonchev–Trinajstić information content (AvgIpc) is 3.28. The van der Waals surface area contributed by atoms with Crippen molar-refractivity contribution in [3.8, 4) is 17.2 Å². The molecule has 0 unspecified atom stereocenters. The van der Waals surface area contributed by atoms with E-state index in [1.807, 2.05) is 30.3 Å². The lowest BCUT2D eigenvalue weighted by Crippen LogP contribution is -2.73. The molecule has 17 nitrogen and oxygen atoms in total. The molecule has 65 heavy (non-hydrogen) atoms. The number of ether oxygens (including phenoxy) is 6. The first-order valence-electron chi connectivity index (χ1n) is 20.8. The highest BCUT2D eigenvalue weighted by molar-refractivity contribution is 6.53. The minimum atomic E-state index is -3.21. The fraction of sp³-hybridized carbons (Fsp3) is 0.375. The number of esters is 1. The highest BCUT2D eigenvalue weighted by Crippen LogP contribution is 2.57. The zero-order valence-electron chi connectivity index (χ0n) is 36.0. The molecule has 4 aliphatic rings. The number of carbonyl (C=O) groups excluding carboxylic acids is 5. The summed E-state index contributed by atoms with van der Waals surface area (Å²) in [6.45, 7) is 2.57. The van der Waals surface area contributed by atoms with Gasteiger partial charge in [0.1, 0.15) is 42.1 Å². The summed E-state index contributed by atoms with van der Waals surface area (Å²) in [5.41, 5.74) is -7.91. The quantitative estimate of drug-likeness (QED) is 0.136. The lowest BCUT2D eigenvalue weighted by atomic mass is 9.56. The lowest BCUT2D eigenvalue weighted by Gasteiger charge is -2.53. The Hall–Kier alpha value is -6.18. The maximum atomic E-state index is 15.3. The molecule has 0 aromatic heterocycles. The number of phenolic OH excluding ortho intramolecular Hbond substituents is 1. The summed E-state index contributed by atoms with van der Waals surface area (Å²) < 4.78 is 34.3. The molecule has 0 saturated carbocycles. The number of phenols is 1. The number of hydrogen-bond acceptors (Lipinski definition) is 17. The Morgan fingerprint density at radius 2 is 1.57 bits per heavy atom. The van der Waals surface area contributed by atoms with E-state index in [4.69, 9.17) is 28.4 Å². The normalized spacial score (nSPS) is 27.7. The van der Waals surface area contributed by atoms with Gasteiger partial charge in [-0.1, -0.05) is 48.5 Å². The van der Waals surface area contributed by atoms with Gasteiger partial charge in [0.25, 0.3) is 0 Å². The molecule has 17 heteroatoms. The summed E-state index contributed by atoms with van der Waals surface area (Å²) in [6.07, 6.45) is -7.29. The summed E-state index contributed by atoms with van der Waals surface area (Å²) in [7, 11) is 3.44. The molecule has 5 N–H and O–H groups in total. The number of nitrogens with zero attached hydrogens (tertiary/aromatic N) is 1. The van der Waals surface area contributed by atoms with Crippen LogP contribution in [0.1, 0.15) is 93.0 Å². The summed E-state index contributed by atoms with van der Waals surface area (Å²) in [5.74, 6) is -7.37. The second-order valence-electron chi connectivity index (χ2n) is 16.5. The Labute approximate surface area is 372 Å². The van der Waals surface area contributed by atoms with Crippen LogP contribution < -0.4 is 9.47 Å². The number of rotatable bonds is 11. The molecular weight excluding hydrogens is 847 g/mol. The minimum absolute atomic E-state index is 0.1000. The molecule has 4 aromatic carbocycles. The van der Waals surface area contributed by atoms with Gasteiger partial charge in [-0.15, -0.1) is 0 Å². The van der Waals surface area contributed by atoms with Gasteiger partial charge in [0.05, 0.1) is 61.2 Å². The Morgan fingerprint density at radius 1 is 0.892 bits per heavy atom. The van der Waals surface area contributed by atoms with Crippen molar-refractivity contribution < 1.29 is 77.9 Å². The first-order chi connectivity index (χ1) is 31.1. The van der Waals surface area contributed by atoms with Gasteiger partial charge in [-0.2, -0.15) is 0 Å². The zero-order valence-corrected chi connectivity index (χ0v) is 36.0. The highest BCUT2D eigenvalue weighted by atomic mass is 16.6. The number of aromatic hydroxyl groups is 1. The van der Waals surface area contributed by atoms with Crippen molar-refractivity contribution >= 4 is 34.8 Å². The minimum Gasteiger partial charge on any atom is -0.506 e. The maximum absolute atomic E-state index is 15.3. The third-order valence-corrected chi connectivity index (χ3v) is 12.9. The number of aliphatic hydroxyl groups is 4. The fourth-order valence-electron chi connectivity index (χ4n) is 9.64. The van der Waals surface area contributed by atoms with E-state index in [0.717, 1.165) is 25.8 Å². The van der Waals surface area contributed by atoms with Crippen LogP contribution in [0.5, 0.6) is 17.2 Å². The standard InChI is InChI=1S/C48H47NO16/c1-22-15-26-16-33(52)48(62-5)44(57)36-29(17-28-35(40(36)55)32(51)18-31(38(28)53)49-45-30(19-50)39(54)41(60-3)23(2)65-45)43(56)47(48,59)37(26)42(34(22)46(58)61-4)64-21-25-11-13-27(14-12-25)63-20-24-9-7-6-8-10-24/h6-15,17,23,30,33,39,41,45,50,52,54-55,59H,16,18-21H2,1-5H3/t23-,30+,33+,39-,41-,45-,47-,48+/m0/s1. The molecule has 1 fully saturated rings. The Kier molecular flexibility index (Phi) is 12.1. The number of ketones is 4. The second-order valence-corrected chi connectivity index (χ2v) is 16.5. The van der Waals surface area contributed by atoms with Gasteiger partial charge in [-0.25, -0.2) is 4.79 Å². The molecule has 340 valence electrons. The van der Waals surface area contributed by atoms with Crippen molar-refractivity contribution in [1.29, 1.82) is 0 Å². The maximum Gasteiger partial charge on any atom is 0.341 e. The number of fused-ring (bicyclic) bond motifs is 5. The third-order valence-electron chi connectivity index (χ3n) is 12.9. The van der Waals surface area contributed by atoms with Crippen LogP contribution in [-0.2, 0) is 44.2 Å². The predicted octanol–water partition coefficient (Wildman–Crippen LogP) is 3.15. The molecule has 0 spiro atoms. The summed E-state index contributed by atoms with van der Waals surface area (Å²) >= 11 is 0. The van der Waals surface area contributed by atoms with Crippen molar-refractivity contribution in [1.82, 2.24) is 0 Å². The Bertz CT molecular complexity index is 2640. The Morgan fingerprint density at radius 3 is 2.22 bits per heavy atom. The van der Waals surface area contributed by atoms with Gasteiger partial charge in [-0.05, 0) is 54.3 Å². The number of aliphatic imine (C=N–C) groups is 1. The summed E-state index contributed by atoms with van der Waals surface area (Å²) in [6, 6.07) is 18.7. The first kappa shape index (κ1) is 45.4. The molecule has 3 aliphatic carbocycles. The first-order valence-corrected chi connectivity index (χ1v) is 20.8. The van der Waals surface area contributed by atoms with Gasteiger partial charge in [0, 0.05) is 37.3 Å². The van der Waals surface area contributed by atoms with Gasteiger partial charge in [-0.3, -0.25) is 24.2 Å². The molecule has 1 saturated heterocycles. The van der Waals surface area contributed by atoms with Gasteiger partial charge in [0.15, 0.2) is 23.2 Å². The van der Waals surface area contributed by atoms with E-state index in [1.54, 1.807) is 38.1 Å².